The Bertz CT molecular complexity index is 1230. The van der Waals surface area contributed by atoms with E-state index in [-0.39, 0.29) is 58.7 Å². The van der Waals surface area contributed by atoms with Gasteiger partial charge < -0.3 is 26.0 Å². The van der Waals surface area contributed by atoms with Gasteiger partial charge in [-0.1, -0.05) is 61.2 Å². The number of benzene rings is 3. The molecule has 1 saturated carbocycles. The summed E-state index contributed by atoms with van der Waals surface area (Å²) >= 11 is 6.22. The van der Waals surface area contributed by atoms with E-state index in [1.54, 1.807) is 6.07 Å². The summed E-state index contributed by atoms with van der Waals surface area (Å²) in [6.07, 6.45) is 6.26. The van der Waals surface area contributed by atoms with Crippen molar-refractivity contribution < 1.29 is 28.2 Å². The van der Waals surface area contributed by atoms with E-state index in [1.807, 2.05) is 37.3 Å². The van der Waals surface area contributed by atoms with Gasteiger partial charge in [0, 0.05) is 36.3 Å². The molecule has 1 aliphatic carbocycles. The number of carbonyl (C=O) groups is 1. The second-order valence-corrected chi connectivity index (χ2v) is 10.3. The van der Waals surface area contributed by atoms with E-state index in [1.165, 1.54) is 51.6 Å². The average molecular weight is 591 g/mol. The molecule has 0 bridgehead atoms. The van der Waals surface area contributed by atoms with Gasteiger partial charge in [0.25, 0.3) is 0 Å². The highest BCUT2D eigenvalue weighted by Gasteiger charge is 2.24. The van der Waals surface area contributed by atoms with Gasteiger partial charge in [-0.2, -0.15) is 0 Å². The van der Waals surface area contributed by atoms with E-state index in [0.29, 0.717) is 11.8 Å². The minimum Gasteiger partial charge on any atom is -0.488 e. The summed E-state index contributed by atoms with van der Waals surface area (Å²) in [6.45, 7) is 2.50. The molecule has 1 unspecified atom stereocenters. The first-order valence-corrected chi connectivity index (χ1v) is 14.0. The summed E-state index contributed by atoms with van der Waals surface area (Å²) in [4.78, 5) is 11.6. The minimum atomic E-state index is -0.803. The van der Waals surface area contributed by atoms with Crippen LogP contribution in [0.4, 0.5) is 8.78 Å². The van der Waals surface area contributed by atoms with E-state index >= 15 is 4.39 Å². The van der Waals surface area contributed by atoms with Crippen LogP contribution in [0.25, 0.3) is 11.1 Å². The van der Waals surface area contributed by atoms with Gasteiger partial charge in [-0.25, -0.2) is 8.78 Å². The third-order valence-electron chi connectivity index (χ3n) is 6.90. The van der Waals surface area contributed by atoms with Gasteiger partial charge in [0.15, 0.2) is 17.9 Å². The Kier molecular flexibility index (Phi) is 14.4. The van der Waals surface area contributed by atoms with Gasteiger partial charge in [-0.3, -0.25) is 4.79 Å². The fraction of sp³-hybridized carbons (Fsp3) is 0.406. The second kappa shape index (κ2) is 17.2. The predicted molar refractivity (Wildman–Crippen MR) is 161 cm³/mol. The summed E-state index contributed by atoms with van der Waals surface area (Å²) in [5.74, 6) is -1.96. The molecule has 0 amide bonds. The molecule has 0 radical (unpaired) electrons. The van der Waals surface area contributed by atoms with Crippen LogP contribution < -0.4 is 16.2 Å². The van der Waals surface area contributed by atoms with Crippen molar-refractivity contribution in [2.75, 3.05) is 33.9 Å². The van der Waals surface area contributed by atoms with Gasteiger partial charge >= 0.3 is 0 Å². The number of carbonyl (C=O) groups excluding carboxylic acids is 1. The quantitative estimate of drug-likeness (QED) is 0.194. The number of halogens is 3. The summed E-state index contributed by atoms with van der Waals surface area (Å²) in [7, 11) is 3.00. The molecule has 4 rings (SSSR count). The van der Waals surface area contributed by atoms with E-state index in [0.717, 1.165) is 18.4 Å². The van der Waals surface area contributed by atoms with E-state index in [2.05, 4.69) is 5.73 Å². The highest BCUT2D eigenvalue weighted by Crippen LogP contribution is 2.40. The number of hydrogen-bond donors (Lipinski definition) is 3. The van der Waals surface area contributed by atoms with E-state index in [9.17, 15) is 14.3 Å². The molecular weight excluding hydrogens is 550 g/mol. The maximum atomic E-state index is 15.4. The first kappa shape index (κ1) is 34.3. The van der Waals surface area contributed by atoms with E-state index in [4.69, 9.17) is 26.8 Å². The molecule has 41 heavy (non-hydrogen) atoms. The zero-order valence-electron chi connectivity index (χ0n) is 24.0. The number of aldehydes is 1. The van der Waals surface area contributed by atoms with Crippen LogP contribution in [0.15, 0.2) is 54.6 Å². The van der Waals surface area contributed by atoms with Gasteiger partial charge in [0.2, 0.25) is 0 Å². The average Bonchev–Trinajstić information content (AvgIpc) is 2.98. The molecule has 0 aliphatic heterocycles. The molecule has 0 heterocycles. The number of ether oxygens (including phenoxy) is 2. The number of rotatable bonds is 9. The summed E-state index contributed by atoms with van der Waals surface area (Å²) < 4.78 is 40.5. The first-order valence-electron chi connectivity index (χ1n) is 13.7. The zero-order valence-corrected chi connectivity index (χ0v) is 24.7. The Morgan fingerprint density at radius 1 is 1.02 bits per heavy atom. The lowest BCUT2D eigenvalue weighted by Gasteiger charge is -2.27. The molecule has 1 aliphatic rings. The third kappa shape index (κ3) is 9.58. The van der Waals surface area contributed by atoms with Crippen molar-refractivity contribution in [3.63, 3.8) is 0 Å². The molecule has 224 valence electrons. The number of aliphatic hydroxyl groups is 1. The molecule has 0 spiro atoms. The molecule has 6 nitrogen and oxygen atoms in total. The van der Waals surface area contributed by atoms with E-state index < -0.39 is 11.6 Å². The third-order valence-corrected chi connectivity index (χ3v) is 7.29. The van der Waals surface area contributed by atoms with Crippen molar-refractivity contribution in [3.8, 4) is 16.9 Å². The van der Waals surface area contributed by atoms with Crippen LogP contribution in [0.5, 0.6) is 5.75 Å². The lowest BCUT2D eigenvalue weighted by molar-refractivity contribution is 0.0225. The van der Waals surface area contributed by atoms with Crippen molar-refractivity contribution in [3.05, 3.63) is 87.9 Å². The molecular formula is C32H41ClF2N2O4. The Balaban J connectivity index is 0.000000500. The van der Waals surface area contributed by atoms with Crippen molar-refractivity contribution in [2.24, 2.45) is 11.5 Å². The van der Waals surface area contributed by atoms with Gasteiger partial charge in [-0.05, 0) is 62.2 Å². The second-order valence-electron chi connectivity index (χ2n) is 9.92. The number of methoxy groups -OCH3 is 1. The van der Waals surface area contributed by atoms with Crippen LogP contribution in [0, 0.1) is 11.6 Å². The smallest absolute Gasteiger partial charge is 0.173 e. The number of hydrogen-bond acceptors (Lipinski definition) is 6. The van der Waals surface area contributed by atoms with Crippen LogP contribution in [0.2, 0.25) is 5.02 Å². The molecule has 1 fully saturated rings. The Morgan fingerprint density at radius 2 is 1.68 bits per heavy atom. The van der Waals surface area contributed by atoms with Gasteiger partial charge in [0.05, 0.1) is 17.2 Å². The topological polar surface area (TPSA) is 108 Å². The fourth-order valence-electron chi connectivity index (χ4n) is 4.75. The van der Waals surface area contributed by atoms with Crippen molar-refractivity contribution in [2.45, 2.75) is 50.5 Å². The van der Waals surface area contributed by atoms with Crippen LogP contribution in [0.1, 0.15) is 66.4 Å². The number of nitrogens with two attached hydrogens (primary N) is 2. The molecule has 9 heteroatoms. The summed E-state index contributed by atoms with van der Waals surface area (Å²) in [6, 6.07) is 15.0. The monoisotopic (exact) mass is 590 g/mol. The SMILES string of the molecule is CC1(O)CCCCC1.CN.COCCOc1ccc(C=O)c(-c2cc(C(CN)c3ccccc3)cc(F)c2Cl)c1F. The Labute approximate surface area is 246 Å². The lowest BCUT2D eigenvalue weighted by atomic mass is 9.87. The predicted octanol–water partition coefficient (Wildman–Crippen LogP) is 6.49. The maximum absolute atomic E-state index is 15.4. The minimum absolute atomic E-state index is 0.0269. The fourth-order valence-corrected chi connectivity index (χ4v) is 4.95. The first-order chi connectivity index (χ1) is 19.7. The molecule has 0 aromatic heterocycles. The summed E-state index contributed by atoms with van der Waals surface area (Å²) in [5, 5.41) is 9.09. The highest BCUT2D eigenvalue weighted by molar-refractivity contribution is 6.33. The van der Waals surface area contributed by atoms with Crippen LogP contribution >= 0.6 is 11.6 Å². The molecule has 3 aromatic carbocycles. The van der Waals surface area contributed by atoms with Gasteiger partial charge in [0.1, 0.15) is 12.4 Å². The normalized spacial score (nSPS) is 14.6. The largest absolute Gasteiger partial charge is 0.488 e. The zero-order chi connectivity index (χ0) is 30.4. The standard InChI is InChI=1S/C24H22ClF2NO3.C7H14O.CH5N/c1-30-9-10-31-21-8-7-16(14-29)22(24(21)27)18-11-17(12-20(26)23(18)25)19(13-28)15-5-3-2-4-6-15;1-7(8)5-3-2-4-6-7;1-2/h2-8,11-12,14,19H,9-10,13,28H2,1H3;8H,2-6H2,1H3;2H2,1H3. The van der Waals surface area contributed by atoms with Crippen molar-refractivity contribution in [1.29, 1.82) is 0 Å². The molecule has 1 atom stereocenters. The summed E-state index contributed by atoms with van der Waals surface area (Å²) in [5.41, 5.74) is 11.5. The maximum Gasteiger partial charge on any atom is 0.173 e. The van der Waals surface area contributed by atoms with Crippen LogP contribution in [-0.2, 0) is 4.74 Å². The van der Waals surface area contributed by atoms with Gasteiger partial charge in [-0.15, -0.1) is 0 Å². The van der Waals surface area contributed by atoms with Crippen molar-refractivity contribution in [1.82, 2.24) is 0 Å². The Morgan fingerprint density at radius 3 is 2.22 bits per heavy atom. The highest BCUT2D eigenvalue weighted by atomic mass is 35.5. The molecule has 0 saturated heterocycles. The Hall–Kier alpha value is -2.88. The van der Waals surface area contributed by atoms with Crippen LogP contribution in [-0.4, -0.2) is 50.9 Å². The molecule has 5 N–H and O–H groups in total. The van der Waals surface area contributed by atoms with Crippen molar-refractivity contribution >= 4 is 17.9 Å². The molecule has 3 aromatic rings. The lowest BCUT2D eigenvalue weighted by Crippen LogP contribution is -2.26. The van der Waals surface area contributed by atoms with Crippen LogP contribution in [0.3, 0.4) is 0 Å².